The number of rotatable bonds is 59. The van der Waals surface area contributed by atoms with Gasteiger partial charge in [-0.2, -0.15) is 0 Å². The summed E-state index contributed by atoms with van der Waals surface area (Å²) >= 11 is 0. The molecule has 0 saturated heterocycles. The molecule has 0 aliphatic heterocycles. The number of unbranched alkanes of at least 4 members (excludes halogenated alkanes) is 40. The zero-order chi connectivity index (χ0) is 52.9. The van der Waals surface area contributed by atoms with Gasteiger partial charge in [0, 0.05) is 19.3 Å². The Hall–Kier alpha value is -2.63. The van der Waals surface area contributed by atoms with Gasteiger partial charge < -0.3 is 14.2 Å². The molecule has 73 heavy (non-hydrogen) atoms. The molecule has 0 radical (unpaired) electrons. The zero-order valence-electron chi connectivity index (χ0n) is 48.9. The highest BCUT2D eigenvalue weighted by Crippen LogP contribution is 2.18. The summed E-state index contributed by atoms with van der Waals surface area (Å²) in [6.45, 7) is 6.57. The maximum absolute atomic E-state index is 12.9. The fourth-order valence-electron chi connectivity index (χ4n) is 9.56. The second-order valence-electron chi connectivity index (χ2n) is 21.7. The van der Waals surface area contributed by atoms with Crippen molar-refractivity contribution in [3.63, 3.8) is 0 Å². The van der Waals surface area contributed by atoms with Gasteiger partial charge in [0.15, 0.2) is 6.10 Å². The molecule has 0 spiro atoms. The molecule has 0 amide bonds. The first-order valence-corrected chi connectivity index (χ1v) is 32.1. The molecule has 1 unspecified atom stereocenters. The van der Waals surface area contributed by atoms with Gasteiger partial charge in [-0.25, -0.2) is 0 Å². The van der Waals surface area contributed by atoms with Crippen LogP contribution in [0.3, 0.4) is 0 Å². The first kappa shape index (κ1) is 70.4. The molecule has 0 aromatic rings. The van der Waals surface area contributed by atoms with Crippen molar-refractivity contribution in [1.82, 2.24) is 0 Å². The van der Waals surface area contributed by atoms with Crippen molar-refractivity contribution in [2.24, 2.45) is 0 Å². The Morgan fingerprint density at radius 1 is 0.288 bits per heavy atom. The number of carbonyl (C=O) groups excluding carboxylic acids is 3. The minimum absolute atomic E-state index is 0.0679. The molecule has 426 valence electrons. The second kappa shape index (κ2) is 61.9. The first-order chi connectivity index (χ1) is 36.0. The quantitative estimate of drug-likeness (QED) is 0.0261. The topological polar surface area (TPSA) is 78.9 Å². The number of ether oxygens (including phenoxy) is 3. The van der Waals surface area contributed by atoms with E-state index in [1.807, 2.05) is 0 Å². The van der Waals surface area contributed by atoms with Gasteiger partial charge in [-0.15, -0.1) is 0 Å². The van der Waals surface area contributed by atoms with Gasteiger partial charge in [0.05, 0.1) is 0 Å². The molecule has 6 heteroatoms. The predicted molar refractivity (Wildman–Crippen MR) is 316 cm³/mol. The Morgan fingerprint density at radius 3 is 0.836 bits per heavy atom. The van der Waals surface area contributed by atoms with Gasteiger partial charge in [0.25, 0.3) is 0 Å². The summed E-state index contributed by atoms with van der Waals surface area (Å²) in [6.07, 6.45) is 77.0. The van der Waals surface area contributed by atoms with E-state index in [2.05, 4.69) is 69.4 Å². The second-order valence-corrected chi connectivity index (χ2v) is 21.7. The third kappa shape index (κ3) is 60.1. The lowest BCUT2D eigenvalue weighted by molar-refractivity contribution is -0.167. The van der Waals surface area contributed by atoms with Gasteiger partial charge in [-0.1, -0.05) is 313 Å². The zero-order valence-corrected chi connectivity index (χ0v) is 48.9. The number of hydrogen-bond donors (Lipinski definition) is 0. The molecule has 0 aromatic heterocycles. The van der Waals surface area contributed by atoms with Crippen LogP contribution in [0.4, 0.5) is 0 Å². The van der Waals surface area contributed by atoms with Crippen molar-refractivity contribution >= 4 is 17.9 Å². The highest BCUT2D eigenvalue weighted by Gasteiger charge is 2.19. The highest BCUT2D eigenvalue weighted by molar-refractivity contribution is 5.71. The molecule has 0 saturated carbocycles. The Labute approximate surface area is 454 Å². The molecule has 1 atom stereocenters. The monoisotopic (exact) mass is 1020 g/mol. The predicted octanol–water partition coefficient (Wildman–Crippen LogP) is 21.8. The summed E-state index contributed by atoms with van der Waals surface area (Å²) in [6, 6.07) is 0. The third-order valence-electron chi connectivity index (χ3n) is 14.3. The van der Waals surface area contributed by atoms with E-state index in [1.165, 1.54) is 218 Å². The molecule has 0 heterocycles. The number of hydrogen-bond acceptors (Lipinski definition) is 6. The van der Waals surface area contributed by atoms with Crippen molar-refractivity contribution in [2.45, 2.75) is 348 Å². The van der Waals surface area contributed by atoms with Crippen LogP contribution >= 0.6 is 0 Å². The average molecular weight is 1020 g/mol. The SMILES string of the molecule is CC/C=C\C/C=C\C/C=C\C/C=C\CCCCCCCCCCCCCCC(=O)OCC(COC(=O)CCCCCCCCCCCC)OC(=O)CCCCCCCCCCCCCCCCCCCCCC. The molecule has 0 aromatic carbocycles. The standard InChI is InChI=1S/C67H122O6/c1-4-7-10-13-16-19-22-24-26-28-30-32-33-34-35-36-38-39-41-43-45-48-51-54-57-60-66(69)72-63-64(62-71-65(68)59-56-53-50-47-21-18-15-12-9-6-3)73-67(70)61-58-55-52-49-46-44-42-40-37-31-29-27-25-23-20-17-14-11-8-5-2/h7,10,16,19,24,26,30,32,64H,4-6,8-9,11-15,17-18,20-23,25,27-29,31,33-63H2,1-3H3/b10-7-,19-16-,26-24-,32-30-. The number of esters is 3. The summed E-state index contributed by atoms with van der Waals surface area (Å²) in [5.41, 5.74) is 0. The van der Waals surface area contributed by atoms with E-state index < -0.39 is 6.10 Å². The van der Waals surface area contributed by atoms with Crippen LogP contribution in [0, 0.1) is 0 Å². The van der Waals surface area contributed by atoms with Gasteiger partial charge in [0.2, 0.25) is 0 Å². The Kier molecular flexibility index (Phi) is 59.7. The minimum Gasteiger partial charge on any atom is -0.462 e. The lowest BCUT2D eigenvalue weighted by Gasteiger charge is -2.18. The van der Waals surface area contributed by atoms with Gasteiger partial charge in [-0.3, -0.25) is 14.4 Å². The fourth-order valence-corrected chi connectivity index (χ4v) is 9.56. The maximum atomic E-state index is 12.9. The fraction of sp³-hybridized carbons (Fsp3) is 0.836. The minimum atomic E-state index is -0.769. The molecule has 0 bridgehead atoms. The van der Waals surface area contributed by atoms with Gasteiger partial charge in [-0.05, 0) is 57.8 Å². The van der Waals surface area contributed by atoms with Crippen molar-refractivity contribution in [3.8, 4) is 0 Å². The highest BCUT2D eigenvalue weighted by atomic mass is 16.6. The number of carbonyl (C=O) groups is 3. The third-order valence-corrected chi connectivity index (χ3v) is 14.3. The summed E-state index contributed by atoms with van der Waals surface area (Å²) in [4.78, 5) is 38.2. The van der Waals surface area contributed by atoms with Crippen LogP contribution in [0.2, 0.25) is 0 Å². The van der Waals surface area contributed by atoms with E-state index >= 15 is 0 Å². The molecule has 0 rings (SSSR count). The van der Waals surface area contributed by atoms with Crippen molar-refractivity contribution in [1.29, 1.82) is 0 Å². The molecule has 0 fully saturated rings. The summed E-state index contributed by atoms with van der Waals surface area (Å²) in [5.74, 6) is -0.849. The van der Waals surface area contributed by atoms with Crippen molar-refractivity contribution in [3.05, 3.63) is 48.6 Å². The maximum Gasteiger partial charge on any atom is 0.306 e. The van der Waals surface area contributed by atoms with E-state index in [9.17, 15) is 14.4 Å². The van der Waals surface area contributed by atoms with E-state index in [4.69, 9.17) is 14.2 Å². The Balaban J connectivity index is 4.20. The Morgan fingerprint density at radius 2 is 0.534 bits per heavy atom. The summed E-state index contributed by atoms with van der Waals surface area (Å²) < 4.78 is 16.9. The largest absolute Gasteiger partial charge is 0.462 e. The molecular weight excluding hydrogens is 901 g/mol. The van der Waals surface area contributed by atoms with E-state index in [1.54, 1.807) is 0 Å². The van der Waals surface area contributed by atoms with E-state index in [0.717, 1.165) is 83.5 Å². The van der Waals surface area contributed by atoms with Crippen LogP contribution < -0.4 is 0 Å². The lowest BCUT2D eigenvalue weighted by Crippen LogP contribution is -2.30. The molecule has 0 N–H and O–H groups in total. The average Bonchev–Trinajstić information content (AvgIpc) is 3.39. The summed E-state index contributed by atoms with van der Waals surface area (Å²) in [5, 5.41) is 0. The van der Waals surface area contributed by atoms with Crippen LogP contribution in [0.1, 0.15) is 342 Å². The number of allylic oxidation sites excluding steroid dienone is 8. The van der Waals surface area contributed by atoms with Crippen LogP contribution in [0.5, 0.6) is 0 Å². The van der Waals surface area contributed by atoms with Crippen LogP contribution in [-0.2, 0) is 28.6 Å². The van der Waals surface area contributed by atoms with Crippen LogP contribution in [0.25, 0.3) is 0 Å². The van der Waals surface area contributed by atoms with Crippen molar-refractivity contribution < 1.29 is 28.6 Å². The summed E-state index contributed by atoms with van der Waals surface area (Å²) in [7, 11) is 0. The molecule has 6 nitrogen and oxygen atoms in total. The van der Waals surface area contributed by atoms with Crippen LogP contribution in [-0.4, -0.2) is 37.2 Å². The van der Waals surface area contributed by atoms with E-state index in [0.29, 0.717) is 19.3 Å². The lowest BCUT2D eigenvalue weighted by atomic mass is 10.0. The Bertz CT molecular complexity index is 1270. The van der Waals surface area contributed by atoms with E-state index in [-0.39, 0.29) is 31.1 Å². The van der Waals surface area contributed by atoms with Crippen molar-refractivity contribution in [2.75, 3.05) is 13.2 Å². The first-order valence-electron chi connectivity index (χ1n) is 32.1. The molecule has 0 aliphatic carbocycles. The van der Waals surface area contributed by atoms with Gasteiger partial charge in [0.1, 0.15) is 13.2 Å². The van der Waals surface area contributed by atoms with Crippen LogP contribution in [0.15, 0.2) is 48.6 Å². The smallest absolute Gasteiger partial charge is 0.306 e. The molecule has 0 aliphatic rings. The molecular formula is C67H122O6. The normalized spacial score (nSPS) is 12.3. The van der Waals surface area contributed by atoms with Gasteiger partial charge >= 0.3 is 17.9 Å².